The molecule has 10 heteroatoms. The Morgan fingerprint density at radius 1 is 0.690 bits per heavy atom. The number of rotatable bonds is 4. The van der Waals surface area contributed by atoms with Crippen LogP contribution in [-0.4, -0.2) is 23.2 Å². The maximum absolute atomic E-state index is 13.0. The number of phenolic OH excluding ortho intramolecular Hbond substituents is 2. The molecule has 3 N–H and O–H groups in total. The van der Waals surface area contributed by atoms with E-state index < -0.39 is 26.4 Å². The monoisotopic (exact) mass is 492 g/mol. The van der Waals surface area contributed by atoms with E-state index in [-0.39, 0.29) is 36.8 Å². The first-order valence-corrected chi connectivity index (χ1v) is 10.9. The van der Waals surface area contributed by atoms with Crippen LogP contribution in [0.25, 0.3) is 0 Å². The summed E-state index contributed by atoms with van der Waals surface area (Å²) in [5, 5.41) is 19.7. The molecule has 5 nitrogen and oxygen atoms in total. The predicted molar refractivity (Wildman–Crippen MR) is 114 cm³/mol. The average Bonchev–Trinajstić information content (AvgIpc) is 2.62. The lowest BCUT2D eigenvalue weighted by molar-refractivity contribution is 0.440. The molecule has 0 fully saturated rings. The molecule has 0 bridgehead atoms. The first kappa shape index (κ1) is 22.0. The second-order valence-electron chi connectivity index (χ2n) is 6.05. The van der Waals surface area contributed by atoms with Gasteiger partial charge in [0.25, 0.3) is 10.1 Å². The Morgan fingerprint density at radius 3 is 1.90 bits per heavy atom. The summed E-state index contributed by atoms with van der Waals surface area (Å²) in [6, 6.07) is 11.8. The summed E-state index contributed by atoms with van der Waals surface area (Å²) in [5.41, 5.74) is -0.766. The summed E-state index contributed by atoms with van der Waals surface area (Å²) in [6.07, 6.45) is 0. The van der Waals surface area contributed by atoms with Gasteiger partial charge in [0.05, 0.1) is 5.02 Å². The molecule has 0 heterocycles. The van der Waals surface area contributed by atoms with Gasteiger partial charge in [-0.05, 0) is 24.3 Å². The summed E-state index contributed by atoms with van der Waals surface area (Å²) < 4.78 is 34.0. The van der Waals surface area contributed by atoms with Gasteiger partial charge in [-0.3, -0.25) is 4.55 Å². The van der Waals surface area contributed by atoms with Crippen LogP contribution in [0.15, 0.2) is 54.6 Å². The van der Waals surface area contributed by atoms with Crippen LogP contribution in [-0.2, 0) is 14.9 Å². The lowest BCUT2D eigenvalue weighted by Gasteiger charge is -2.35. The zero-order chi connectivity index (χ0) is 21.6. The fraction of sp³-hybridized carbons (Fsp3) is 0.0526. The molecule has 3 rings (SSSR count). The van der Waals surface area contributed by atoms with Crippen LogP contribution >= 0.6 is 46.4 Å². The molecular weight excluding hydrogens is 482 g/mol. The Kier molecular flexibility index (Phi) is 5.98. The van der Waals surface area contributed by atoms with Gasteiger partial charge in [-0.1, -0.05) is 70.7 Å². The molecule has 0 aliphatic rings. The number of halogens is 4. The summed E-state index contributed by atoms with van der Waals surface area (Å²) >= 11 is 24.9. The van der Waals surface area contributed by atoms with Crippen LogP contribution in [0, 0.1) is 0 Å². The predicted octanol–water partition coefficient (Wildman–Crippen LogP) is 5.89. The maximum Gasteiger partial charge on any atom is 0.283 e. The van der Waals surface area contributed by atoms with Crippen LogP contribution < -0.4 is 0 Å². The van der Waals surface area contributed by atoms with Crippen molar-refractivity contribution in [1.29, 1.82) is 0 Å². The third-order valence-corrected chi connectivity index (χ3v) is 7.08. The van der Waals surface area contributed by atoms with Gasteiger partial charge < -0.3 is 10.2 Å². The third kappa shape index (κ3) is 3.54. The summed E-state index contributed by atoms with van der Waals surface area (Å²) in [4.78, 5) is 0. The summed E-state index contributed by atoms with van der Waals surface area (Å²) in [7, 11) is -5.16. The Labute approximate surface area is 186 Å². The smallest absolute Gasteiger partial charge is 0.283 e. The van der Waals surface area contributed by atoms with Gasteiger partial charge in [0.15, 0.2) is 4.75 Å². The van der Waals surface area contributed by atoms with Crippen LogP contribution in [0.2, 0.25) is 20.1 Å². The Bertz CT molecular complexity index is 1190. The lowest BCUT2D eigenvalue weighted by atomic mass is 9.83. The molecule has 152 valence electrons. The standard InChI is InChI=1S/C19H12Cl4O5S/c20-12-5-2-1-4-10(12)19(29(26,27)28,18-13(21)6-3-7-16(18)24)11-8-15(23)17(25)9-14(11)22/h1-9,24-25H,(H,26,27,28). The van der Waals surface area contributed by atoms with Gasteiger partial charge in [-0.25, -0.2) is 0 Å². The fourth-order valence-corrected chi connectivity index (χ4v) is 5.83. The summed E-state index contributed by atoms with van der Waals surface area (Å²) in [6.45, 7) is 0. The minimum Gasteiger partial charge on any atom is -0.508 e. The van der Waals surface area contributed by atoms with Crippen LogP contribution in [0.3, 0.4) is 0 Å². The largest absolute Gasteiger partial charge is 0.508 e. The van der Waals surface area contributed by atoms with E-state index in [4.69, 9.17) is 46.4 Å². The molecule has 0 amide bonds. The molecule has 0 saturated carbocycles. The van der Waals surface area contributed by atoms with E-state index in [1.165, 1.54) is 36.4 Å². The minimum absolute atomic E-state index is 0.0512. The number of benzene rings is 3. The SMILES string of the molecule is O=S(=O)(O)C(c1ccccc1Cl)(c1cc(Cl)c(O)cc1Cl)c1c(O)cccc1Cl. The number of hydrogen-bond acceptors (Lipinski definition) is 4. The topological polar surface area (TPSA) is 94.8 Å². The first-order valence-electron chi connectivity index (χ1n) is 7.90. The van der Waals surface area contributed by atoms with Crippen molar-refractivity contribution in [3.63, 3.8) is 0 Å². The molecule has 0 aliphatic carbocycles. The Hall–Kier alpha value is -1.67. The molecule has 0 aromatic heterocycles. The number of phenols is 2. The highest BCUT2D eigenvalue weighted by Gasteiger charge is 2.53. The van der Waals surface area contributed by atoms with E-state index in [2.05, 4.69) is 0 Å². The molecule has 0 radical (unpaired) electrons. The van der Waals surface area contributed by atoms with E-state index in [1.54, 1.807) is 6.07 Å². The van der Waals surface area contributed by atoms with Gasteiger partial charge in [-0.15, -0.1) is 0 Å². The minimum atomic E-state index is -5.16. The molecule has 29 heavy (non-hydrogen) atoms. The van der Waals surface area contributed by atoms with Crippen molar-refractivity contribution in [2.75, 3.05) is 0 Å². The zero-order valence-electron chi connectivity index (χ0n) is 14.3. The molecule has 0 aliphatic heterocycles. The highest BCUT2D eigenvalue weighted by Crippen LogP contribution is 2.54. The van der Waals surface area contributed by atoms with Gasteiger partial charge in [0, 0.05) is 37.8 Å². The Morgan fingerprint density at radius 2 is 1.31 bits per heavy atom. The highest BCUT2D eigenvalue weighted by atomic mass is 35.5. The second-order valence-corrected chi connectivity index (χ2v) is 9.24. The molecule has 3 aromatic carbocycles. The van der Waals surface area contributed by atoms with E-state index in [9.17, 15) is 23.2 Å². The molecular formula is C19H12Cl4O5S. The van der Waals surface area contributed by atoms with Crippen molar-refractivity contribution in [1.82, 2.24) is 0 Å². The van der Waals surface area contributed by atoms with Crippen molar-refractivity contribution in [2.24, 2.45) is 0 Å². The van der Waals surface area contributed by atoms with Crippen molar-refractivity contribution >= 4 is 56.5 Å². The molecule has 1 atom stereocenters. The van der Waals surface area contributed by atoms with E-state index in [1.807, 2.05) is 0 Å². The van der Waals surface area contributed by atoms with Crippen molar-refractivity contribution in [2.45, 2.75) is 4.75 Å². The molecule has 3 aromatic rings. The van der Waals surface area contributed by atoms with Crippen molar-refractivity contribution < 1.29 is 23.2 Å². The van der Waals surface area contributed by atoms with Crippen molar-refractivity contribution in [3.05, 3.63) is 91.4 Å². The quantitative estimate of drug-likeness (QED) is 0.311. The molecule has 1 unspecified atom stereocenters. The lowest BCUT2D eigenvalue weighted by Crippen LogP contribution is -2.39. The first-order chi connectivity index (χ1) is 13.5. The van der Waals surface area contributed by atoms with E-state index in [0.717, 1.165) is 12.1 Å². The van der Waals surface area contributed by atoms with Crippen LogP contribution in [0.1, 0.15) is 16.7 Å². The number of aromatic hydroxyl groups is 2. The third-order valence-electron chi connectivity index (χ3n) is 4.40. The highest BCUT2D eigenvalue weighted by molar-refractivity contribution is 7.87. The summed E-state index contributed by atoms with van der Waals surface area (Å²) in [5.74, 6) is -0.942. The normalized spacial score (nSPS) is 13.8. The average molecular weight is 494 g/mol. The zero-order valence-corrected chi connectivity index (χ0v) is 18.1. The van der Waals surface area contributed by atoms with Crippen LogP contribution in [0.5, 0.6) is 11.5 Å². The maximum atomic E-state index is 13.0. The molecule has 0 spiro atoms. The fourth-order valence-electron chi connectivity index (χ4n) is 3.24. The van der Waals surface area contributed by atoms with Gasteiger partial charge >= 0.3 is 0 Å². The van der Waals surface area contributed by atoms with E-state index >= 15 is 0 Å². The second kappa shape index (κ2) is 7.87. The van der Waals surface area contributed by atoms with Crippen molar-refractivity contribution in [3.8, 4) is 11.5 Å². The number of hydrogen-bond donors (Lipinski definition) is 3. The van der Waals surface area contributed by atoms with E-state index in [0.29, 0.717) is 0 Å². The van der Waals surface area contributed by atoms with Crippen LogP contribution in [0.4, 0.5) is 0 Å². The molecule has 0 saturated heterocycles. The van der Waals surface area contributed by atoms with Gasteiger partial charge in [0.2, 0.25) is 0 Å². The van der Waals surface area contributed by atoms with Gasteiger partial charge in [-0.2, -0.15) is 8.42 Å². The Balaban J connectivity index is 2.68. The van der Waals surface area contributed by atoms with Gasteiger partial charge in [0.1, 0.15) is 11.5 Å².